The van der Waals surface area contributed by atoms with Gasteiger partial charge >= 0.3 is 0 Å². The van der Waals surface area contributed by atoms with Gasteiger partial charge in [-0.25, -0.2) is 0 Å². The van der Waals surface area contributed by atoms with E-state index in [-0.39, 0.29) is 0 Å². The first kappa shape index (κ1) is 9.25. The van der Waals surface area contributed by atoms with Gasteiger partial charge < -0.3 is 9.84 Å². The summed E-state index contributed by atoms with van der Waals surface area (Å²) in [6, 6.07) is 0. The van der Waals surface area contributed by atoms with Crippen molar-refractivity contribution in [2.24, 2.45) is 0 Å². The molecule has 0 atom stereocenters. The van der Waals surface area contributed by atoms with E-state index in [2.05, 4.69) is 10.5 Å². The molecule has 2 aliphatic rings. The number of nitrogens with one attached hydrogen (secondary N) is 1. The predicted octanol–water partition coefficient (Wildman–Crippen LogP) is 3.08. The molecule has 0 spiro atoms. The van der Waals surface area contributed by atoms with Gasteiger partial charge in [-0.05, 0) is 32.1 Å². The van der Waals surface area contributed by atoms with E-state index in [1.165, 1.54) is 49.8 Å². The highest BCUT2D eigenvalue weighted by molar-refractivity contribution is 5.45. The summed E-state index contributed by atoms with van der Waals surface area (Å²) in [5.41, 5.74) is 2.64. The Balaban J connectivity index is 1.91. The fourth-order valence-corrected chi connectivity index (χ4v) is 2.85. The van der Waals surface area contributed by atoms with Crippen LogP contribution in [-0.4, -0.2) is 11.7 Å². The van der Waals surface area contributed by atoms with E-state index in [1.54, 1.807) is 0 Å². The van der Waals surface area contributed by atoms with Crippen LogP contribution in [0, 0.1) is 0 Å². The van der Waals surface area contributed by atoms with Gasteiger partial charge in [-0.3, -0.25) is 0 Å². The van der Waals surface area contributed by atoms with Gasteiger partial charge in [0.25, 0.3) is 0 Å². The SMILES string of the molecule is C1CCc2c(C3CCCC3)noc2NC1. The van der Waals surface area contributed by atoms with Crippen LogP contribution in [0.1, 0.15) is 55.7 Å². The van der Waals surface area contributed by atoms with E-state index in [9.17, 15) is 0 Å². The Morgan fingerprint density at radius 2 is 2.00 bits per heavy atom. The van der Waals surface area contributed by atoms with Crippen molar-refractivity contribution in [2.75, 3.05) is 11.9 Å². The van der Waals surface area contributed by atoms with Crippen LogP contribution in [-0.2, 0) is 6.42 Å². The van der Waals surface area contributed by atoms with Gasteiger partial charge in [-0.1, -0.05) is 18.0 Å². The molecule has 1 aliphatic carbocycles. The fourth-order valence-electron chi connectivity index (χ4n) is 2.85. The maximum Gasteiger partial charge on any atom is 0.228 e. The highest BCUT2D eigenvalue weighted by Gasteiger charge is 2.26. The largest absolute Gasteiger partial charge is 0.354 e. The second kappa shape index (κ2) is 3.87. The van der Waals surface area contributed by atoms with Crippen molar-refractivity contribution >= 4 is 5.88 Å². The number of hydrogen-bond donors (Lipinski definition) is 1. The predicted molar refractivity (Wildman–Crippen MR) is 59.1 cm³/mol. The summed E-state index contributed by atoms with van der Waals surface area (Å²) in [5, 5.41) is 7.62. The Hall–Kier alpha value is -0.990. The molecule has 82 valence electrons. The highest BCUT2D eigenvalue weighted by Crippen LogP contribution is 2.38. The van der Waals surface area contributed by atoms with E-state index in [4.69, 9.17) is 4.52 Å². The van der Waals surface area contributed by atoms with Gasteiger partial charge in [0.2, 0.25) is 5.88 Å². The second-order valence-electron chi connectivity index (χ2n) is 4.74. The van der Waals surface area contributed by atoms with Gasteiger partial charge in [0.15, 0.2) is 0 Å². The minimum Gasteiger partial charge on any atom is -0.354 e. The smallest absolute Gasteiger partial charge is 0.228 e. The third-order valence-electron chi connectivity index (χ3n) is 3.70. The third kappa shape index (κ3) is 1.64. The maximum atomic E-state index is 5.42. The molecule has 0 amide bonds. The average molecular weight is 206 g/mol. The molecule has 3 nitrogen and oxygen atoms in total. The molecule has 1 aromatic rings. The van der Waals surface area contributed by atoms with Crippen LogP contribution >= 0.6 is 0 Å². The van der Waals surface area contributed by atoms with Gasteiger partial charge in [0.1, 0.15) is 0 Å². The molecule has 1 fully saturated rings. The first-order valence-electron chi connectivity index (χ1n) is 6.17. The number of aromatic nitrogens is 1. The summed E-state index contributed by atoms with van der Waals surface area (Å²) in [6.45, 7) is 1.03. The van der Waals surface area contributed by atoms with Crippen molar-refractivity contribution in [3.05, 3.63) is 11.3 Å². The van der Waals surface area contributed by atoms with Gasteiger partial charge in [-0.2, -0.15) is 0 Å². The Morgan fingerprint density at radius 1 is 1.13 bits per heavy atom. The number of hydrogen-bond acceptors (Lipinski definition) is 3. The summed E-state index contributed by atoms with van der Waals surface area (Å²) in [7, 11) is 0. The fraction of sp³-hybridized carbons (Fsp3) is 0.750. The molecule has 1 saturated carbocycles. The minimum atomic E-state index is 0.678. The molecular weight excluding hydrogens is 188 g/mol. The van der Waals surface area contributed by atoms with Crippen molar-refractivity contribution in [2.45, 2.75) is 50.9 Å². The van der Waals surface area contributed by atoms with Gasteiger partial charge in [0.05, 0.1) is 5.69 Å². The zero-order valence-electron chi connectivity index (χ0n) is 9.09. The van der Waals surface area contributed by atoms with E-state index < -0.39 is 0 Å². The molecule has 3 heteroatoms. The normalized spacial score (nSPS) is 22.1. The van der Waals surface area contributed by atoms with E-state index in [1.807, 2.05) is 0 Å². The number of nitrogens with zero attached hydrogens (tertiary/aromatic N) is 1. The Labute approximate surface area is 90.2 Å². The van der Waals surface area contributed by atoms with Crippen molar-refractivity contribution < 1.29 is 4.52 Å². The average Bonchev–Trinajstić information content (AvgIpc) is 2.83. The van der Waals surface area contributed by atoms with Crippen molar-refractivity contribution in [1.29, 1.82) is 0 Å². The van der Waals surface area contributed by atoms with Crippen LogP contribution in [0.15, 0.2) is 4.52 Å². The minimum absolute atomic E-state index is 0.678. The lowest BCUT2D eigenvalue weighted by molar-refractivity contribution is 0.416. The molecule has 0 unspecified atom stereocenters. The van der Waals surface area contributed by atoms with Crippen molar-refractivity contribution in [1.82, 2.24) is 5.16 Å². The monoisotopic (exact) mass is 206 g/mol. The van der Waals surface area contributed by atoms with Crippen molar-refractivity contribution in [3.8, 4) is 0 Å². The molecule has 0 bridgehead atoms. The van der Waals surface area contributed by atoms with Gasteiger partial charge in [-0.15, -0.1) is 0 Å². The molecule has 1 aliphatic heterocycles. The standard InChI is InChI=1S/C12H18N2O/c1-2-6-9(5-1)11-10-7-3-4-8-13-12(10)15-14-11/h9,13H,1-8H2. The van der Waals surface area contributed by atoms with E-state index in [0.29, 0.717) is 5.92 Å². The lowest BCUT2D eigenvalue weighted by Crippen LogP contribution is -1.99. The summed E-state index contributed by atoms with van der Waals surface area (Å²) in [5.74, 6) is 1.63. The Morgan fingerprint density at radius 3 is 2.87 bits per heavy atom. The zero-order valence-corrected chi connectivity index (χ0v) is 9.09. The lowest BCUT2D eigenvalue weighted by atomic mass is 9.97. The lowest BCUT2D eigenvalue weighted by Gasteiger charge is -2.06. The van der Waals surface area contributed by atoms with Crippen LogP contribution in [0.3, 0.4) is 0 Å². The molecule has 0 radical (unpaired) electrons. The molecule has 3 rings (SSSR count). The summed E-state index contributed by atoms with van der Waals surface area (Å²) in [4.78, 5) is 0. The van der Waals surface area contributed by atoms with Crippen LogP contribution in [0.2, 0.25) is 0 Å². The summed E-state index contributed by atoms with van der Waals surface area (Å²) < 4.78 is 5.42. The second-order valence-corrected chi connectivity index (χ2v) is 4.74. The molecule has 0 saturated heterocycles. The summed E-state index contributed by atoms with van der Waals surface area (Å²) in [6.07, 6.45) is 8.99. The first-order chi connectivity index (χ1) is 7.45. The maximum absolute atomic E-state index is 5.42. The quantitative estimate of drug-likeness (QED) is 0.767. The molecule has 1 N–H and O–H groups in total. The molecule has 0 aromatic carbocycles. The topological polar surface area (TPSA) is 38.1 Å². The highest BCUT2D eigenvalue weighted by atomic mass is 16.5. The zero-order chi connectivity index (χ0) is 10.1. The molecular formula is C12H18N2O. The van der Waals surface area contributed by atoms with Crippen LogP contribution in [0.4, 0.5) is 5.88 Å². The number of rotatable bonds is 1. The third-order valence-corrected chi connectivity index (χ3v) is 3.70. The van der Waals surface area contributed by atoms with E-state index >= 15 is 0 Å². The molecule has 15 heavy (non-hydrogen) atoms. The van der Waals surface area contributed by atoms with Crippen molar-refractivity contribution in [3.63, 3.8) is 0 Å². The number of fused-ring (bicyclic) bond motifs is 1. The Kier molecular flexibility index (Phi) is 2.39. The molecule has 2 heterocycles. The summed E-state index contributed by atoms with van der Waals surface area (Å²) >= 11 is 0. The van der Waals surface area contributed by atoms with Crippen LogP contribution < -0.4 is 5.32 Å². The molecule has 1 aromatic heterocycles. The Bertz CT molecular complexity index is 339. The van der Waals surface area contributed by atoms with Crippen LogP contribution in [0.5, 0.6) is 0 Å². The van der Waals surface area contributed by atoms with Crippen LogP contribution in [0.25, 0.3) is 0 Å². The number of anilines is 1. The van der Waals surface area contributed by atoms with E-state index in [0.717, 1.165) is 18.8 Å². The van der Waals surface area contributed by atoms with Gasteiger partial charge in [0, 0.05) is 18.0 Å². The first-order valence-corrected chi connectivity index (χ1v) is 6.17.